The van der Waals surface area contributed by atoms with Crippen LogP contribution in [0, 0.1) is 17.6 Å². The van der Waals surface area contributed by atoms with Gasteiger partial charge in [-0.15, -0.1) is 0 Å². The normalized spacial score (nSPS) is 15.0. The smallest absolute Gasteiger partial charge is 0.323 e. The number of carboxylic acid groups (broad SMARTS) is 1. The van der Waals surface area contributed by atoms with E-state index in [0.29, 0.717) is 31.4 Å². The molecule has 1 N–H and O–H groups in total. The number of aliphatic carboxylic acids is 1. The lowest BCUT2D eigenvalue weighted by atomic mass is 9.85. The third kappa shape index (κ3) is 4.87. The number of hydrogen-bond donors (Lipinski definition) is 1. The van der Waals surface area contributed by atoms with Crippen LogP contribution in [0.5, 0.6) is 0 Å². The molecule has 4 aromatic rings. The first-order chi connectivity index (χ1) is 17.4. The second kappa shape index (κ2) is 9.93. The van der Waals surface area contributed by atoms with Gasteiger partial charge >= 0.3 is 5.97 Å². The van der Waals surface area contributed by atoms with Crippen molar-refractivity contribution in [2.24, 2.45) is 5.92 Å². The highest BCUT2D eigenvalue weighted by Gasteiger charge is 2.32. The number of benzene rings is 3. The Hall–Kier alpha value is -4.00. The number of nitrogens with zero attached hydrogens (tertiary/aromatic N) is 2. The van der Waals surface area contributed by atoms with Crippen molar-refractivity contribution in [3.8, 4) is 0 Å². The lowest BCUT2D eigenvalue weighted by Crippen LogP contribution is -2.38. The molecule has 0 saturated heterocycles. The molecule has 0 aliphatic heterocycles. The molecular weight excluding hydrogens is 462 g/mol. The van der Waals surface area contributed by atoms with Gasteiger partial charge in [0.05, 0.1) is 0 Å². The summed E-state index contributed by atoms with van der Waals surface area (Å²) in [5, 5.41) is 10.4. The zero-order valence-electron chi connectivity index (χ0n) is 19.7. The van der Waals surface area contributed by atoms with E-state index in [-0.39, 0.29) is 24.9 Å². The Balaban J connectivity index is 1.46. The number of carbonyl (C=O) groups is 2. The van der Waals surface area contributed by atoms with Gasteiger partial charge < -0.3 is 14.6 Å². The summed E-state index contributed by atoms with van der Waals surface area (Å²) < 4.78 is 29.6. The van der Waals surface area contributed by atoms with Crippen molar-refractivity contribution in [3.63, 3.8) is 0 Å². The zero-order chi connectivity index (χ0) is 25.2. The molecule has 5 nitrogen and oxygen atoms in total. The van der Waals surface area contributed by atoms with Crippen molar-refractivity contribution in [1.82, 2.24) is 9.47 Å². The number of carbonyl (C=O) groups excluding carboxylic acids is 1. The summed E-state index contributed by atoms with van der Waals surface area (Å²) in [5.74, 6) is -2.66. The van der Waals surface area contributed by atoms with Gasteiger partial charge in [0, 0.05) is 41.7 Å². The topological polar surface area (TPSA) is 62.5 Å². The maximum Gasteiger partial charge on any atom is 0.323 e. The second-order valence-corrected chi connectivity index (χ2v) is 9.32. The predicted molar refractivity (Wildman–Crippen MR) is 132 cm³/mol. The van der Waals surface area contributed by atoms with Crippen LogP contribution < -0.4 is 0 Å². The van der Waals surface area contributed by atoms with Crippen LogP contribution in [0.3, 0.4) is 0 Å². The van der Waals surface area contributed by atoms with Gasteiger partial charge in [0.1, 0.15) is 18.2 Å². The predicted octanol–water partition coefficient (Wildman–Crippen LogP) is 5.34. The molecule has 5 rings (SSSR count). The second-order valence-electron chi connectivity index (χ2n) is 9.32. The summed E-state index contributed by atoms with van der Waals surface area (Å²) in [4.78, 5) is 27.0. The summed E-state index contributed by atoms with van der Waals surface area (Å²) in [7, 11) is 0. The van der Waals surface area contributed by atoms with Gasteiger partial charge in [0.25, 0.3) is 0 Å². The van der Waals surface area contributed by atoms with Crippen molar-refractivity contribution < 1.29 is 23.5 Å². The quantitative estimate of drug-likeness (QED) is 0.382. The molecule has 1 unspecified atom stereocenters. The zero-order valence-corrected chi connectivity index (χ0v) is 19.7. The van der Waals surface area contributed by atoms with Gasteiger partial charge in [0.2, 0.25) is 5.91 Å². The van der Waals surface area contributed by atoms with Crippen molar-refractivity contribution in [3.05, 3.63) is 107 Å². The van der Waals surface area contributed by atoms with Crippen LogP contribution >= 0.6 is 0 Å². The molecule has 1 aliphatic carbocycles. The van der Waals surface area contributed by atoms with Crippen molar-refractivity contribution >= 4 is 22.8 Å². The van der Waals surface area contributed by atoms with E-state index >= 15 is 0 Å². The standard InChI is InChI=1S/C29H26F2N2O3/c30-22-12-20(13-23(31)15-22)17-32(16-19-6-2-1-3-7-19)29(36)21-10-11-27-25(14-21)24-8-4-5-9-26(24)33(27)18-28(34)35/h1-9,12-13,15,21H,10-11,14,16-18H2,(H,34,35). The van der Waals surface area contributed by atoms with E-state index < -0.39 is 17.6 Å². The molecule has 0 saturated carbocycles. The lowest BCUT2D eigenvalue weighted by Gasteiger charge is -2.30. The molecule has 36 heavy (non-hydrogen) atoms. The van der Waals surface area contributed by atoms with Gasteiger partial charge in [-0.25, -0.2) is 8.78 Å². The molecule has 3 aromatic carbocycles. The van der Waals surface area contributed by atoms with Gasteiger partial charge in [-0.2, -0.15) is 0 Å². The summed E-state index contributed by atoms with van der Waals surface area (Å²) in [5.41, 5.74) is 4.15. The van der Waals surface area contributed by atoms with Gasteiger partial charge in [-0.05, 0) is 54.2 Å². The highest BCUT2D eigenvalue weighted by Crippen LogP contribution is 2.35. The Bertz CT molecular complexity index is 1410. The Labute approximate surface area is 207 Å². The lowest BCUT2D eigenvalue weighted by molar-refractivity contribution is -0.138. The van der Waals surface area contributed by atoms with Crippen LogP contribution in [0.4, 0.5) is 8.78 Å². The fourth-order valence-electron chi connectivity index (χ4n) is 5.32. The van der Waals surface area contributed by atoms with Crippen LogP contribution in [0.25, 0.3) is 10.9 Å². The minimum atomic E-state index is -0.909. The summed E-state index contributed by atoms with van der Waals surface area (Å²) in [6.45, 7) is 0.286. The van der Waals surface area contributed by atoms with Crippen molar-refractivity contribution in [1.29, 1.82) is 0 Å². The summed E-state index contributed by atoms with van der Waals surface area (Å²) in [6, 6.07) is 20.5. The van der Waals surface area contributed by atoms with Gasteiger partial charge in [-0.1, -0.05) is 48.5 Å². The Kier molecular flexibility index (Phi) is 6.55. The van der Waals surface area contributed by atoms with Gasteiger partial charge in [-0.3, -0.25) is 9.59 Å². The third-order valence-corrected chi connectivity index (χ3v) is 6.84. The fourth-order valence-corrected chi connectivity index (χ4v) is 5.32. The number of carboxylic acids is 1. The molecule has 1 heterocycles. The van der Waals surface area contributed by atoms with E-state index in [9.17, 15) is 23.5 Å². The Morgan fingerprint density at radius 3 is 2.31 bits per heavy atom. The highest BCUT2D eigenvalue weighted by atomic mass is 19.1. The summed E-state index contributed by atoms with van der Waals surface area (Å²) >= 11 is 0. The maximum atomic E-state index is 13.9. The third-order valence-electron chi connectivity index (χ3n) is 6.84. The number of fused-ring (bicyclic) bond motifs is 3. The van der Waals surface area contributed by atoms with Crippen molar-refractivity contribution in [2.75, 3.05) is 0 Å². The molecule has 184 valence electrons. The molecule has 0 spiro atoms. The van der Waals surface area contributed by atoms with E-state index in [0.717, 1.165) is 33.8 Å². The molecule has 0 bridgehead atoms. The number of hydrogen-bond acceptors (Lipinski definition) is 2. The fraction of sp³-hybridized carbons (Fsp3) is 0.241. The first kappa shape index (κ1) is 23.7. The van der Waals surface area contributed by atoms with Crippen LogP contribution in [0.1, 0.15) is 28.8 Å². The molecule has 7 heteroatoms. The first-order valence-corrected chi connectivity index (χ1v) is 12.0. The molecule has 1 aromatic heterocycles. The van der Waals surface area contributed by atoms with Gasteiger partial charge in [0.15, 0.2) is 0 Å². The number of aromatic nitrogens is 1. The van der Waals surface area contributed by atoms with Crippen molar-refractivity contribution in [2.45, 2.75) is 38.9 Å². The van der Waals surface area contributed by atoms with E-state index in [4.69, 9.17) is 0 Å². The van der Waals surface area contributed by atoms with E-state index in [1.807, 2.05) is 59.2 Å². The van der Waals surface area contributed by atoms with Crippen LogP contribution in [-0.2, 0) is 42.1 Å². The Morgan fingerprint density at radius 1 is 0.917 bits per heavy atom. The Morgan fingerprint density at radius 2 is 1.58 bits per heavy atom. The maximum absolute atomic E-state index is 13.9. The summed E-state index contributed by atoms with van der Waals surface area (Å²) in [6.07, 6.45) is 1.65. The number of halogens is 2. The SMILES string of the molecule is O=C(O)Cn1c2c(c3ccccc31)CC(C(=O)N(Cc1ccccc1)Cc1cc(F)cc(F)c1)CC2. The number of amides is 1. The van der Waals surface area contributed by atoms with Crippen LogP contribution in [0.2, 0.25) is 0 Å². The van der Waals surface area contributed by atoms with Crippen LogP contribution in [0.15, 0.2) is 72.8 Å². The first-order valence-electron chi connectivity index (χ1n) is 12.0. The average molecular weight is 489 g/mol. The monoisotopic (exact) mass is 488 g/mol. The molecule has 1 atom stereocenters. The number of para-hydroxylation sites is 1. The molecule has 0 fully saturated rings. The van der Waals surface area contributed by atoms with E-state index in [1.54, 1.807) is 4.90 Å². The minimum absolute atomic E-state index is 0.0794. The molecular formula is C29H26F2N2O3. The van der Waals surface area contributed by atoms with E-state index in [2.05, 4.69) is 0 Å². The minimum Gasteiger partial charge on any atom is -0.480 e. The van der Waals surface area contributed by atoms with Crippen LogP contribution in [-0.4, -0.2) is 26.5 Å². The average Bonchev–Trinajstić information content (AvgIpc) is 3.16. The molecule has 1 aliphatic rings. The molecule has 1 amide bonds. The van der Waals surface area contributed by atoms with E-state index in [1.165, 1.54) is 12.1 Å². The number of rotatable bonds is 7. The highest BCUT2D eigenvalue weighted by molar-refractivity contribution is 5.88. The molecule has 0 radical (unpaired) electrons. The largest absolute Gasteiger partial charge is 0.480 e.